The maximum Gasteiger partial charge on any atom is 0.243 e. The third kappa shape index (κ3) is 10.7. The molecule has 0 aromatic carbocycles. The Morgan fingerprint density at radius 1 is 1.11 bits per heavy atom. The quantitative estimate of drug-likeness (QED) is 0.192. The lowest BCUT2D eigenvalue weighted by Gasteiger charge is -2.36. The molecule has 1 heterocycles. The standard InChI is InChI=1S/C17H34N6O3.HI/c1-5-6-19-17(20-13-16(25)21(2)3)23-10-8-22(9-11-23)14-15(24)18-7-12-26-4;/h5-14H2,1-4H3,(H,18,24)(H,19,20);1H. The lowest BCUT2D eigenvalue weighted by molar-refractivity contribution is -0.127. The normalized spacial score (nSPS) is 15.1. The molecule has 1 saturated heterocycles. The number of likely N-dealkylation sites (N-methyl/N-ethyl adjacent to an activating group) is 1. The van der Waals surface area contributed by atoms with Gasteiger partial charge in [-0.15, -0.1) is 24.0 Å². The molecule has 2 amide bonds. The summed E-state index contributed by atoms with van der Waals surface area (Å²) in [6.07, 6.45) is 0.988. The Balaban J connectivity index is 0.00000676. The van der Waals surface area contributed by atoms with Crippen molar-refractivity contribution in [3.8, 4) is 0 Å². The zero-order valence-corrected chi connectivity index (χ0v) is 19.3. The van der Waals surface area contributed by atoms with Crippen molar-refractivity contribution in [2.45, 2.75) is 13.3 Å². The highest BCUT2D eigenvalue weighted by Gasteiger charge is 2.21. The SMILES string of the molecule is CCCNC(=NCC(=O)N(C)C)N1CCN(CC(=O)NCCOC)CC1.I. The molecule has 0 aromatic heterocycles. The van der Waals surface area contributed by atoms with E-state index in [1.165, 1.54) is 0 Å². The van der Waals surface area contributed by atoms with E-state index >= 15 is 0 Å². The number of piperazine rings is 1. The minimum atomic E-state index is -0.0211. The number of nitrogens with zero attached hydrogens (tertiary/aromatic N) is 4. The van der Waals surface area contributed by atoms with Crippen LogP contribution in [0.5, 0.6) is 0 Å². The molecule has 10 heteroatoms. The van der Waals surface area contributed by atoms with Crippen LogP contribution in [0, 0.1) is 0 Å². The molecule has 0 radical (unpaired) electrons. The van der Waals surface area contributed by atoms with Crippen LogP contribution >= 0.6 is 24.0 Å². The number of hydrogen-bond donors (Lipinski definition) is 2. The largest absolute Gasteiger partial charge is 0.383 e. The molecule has 1 aliphatic heterocycles. The van der Waals surface area contributed by atoms with Crippen LogP contribution in [0.15, 0.2) is 4.99 Å². The number of guanidine groups is 1. The van der Waals surface area contributed by atoms with Crippen molar-refractivity contribution < 1.29 is 14.3 Å². The minimum Gasteiger partial charge on any atom is -0.383 e. The van der Waals surface area contributed by atoms with Crippen molar-refractivity contribution in [1.82, 2.24) is 25.3 Å². The van der Waals surface area contributed by atoms with E-state index in [1.54, 1.807) is 26.1 Å². The first-order valence-electron chi connectivity index (χ1n) is 9.19. The van der Waals surface area contributed by atoms with Crippen LogP contribution in [0.2, 0.25) is 0 Å². The average molecular weight is 498 g/mol. The summed E-state index contributed by atoms with van der Waals surface area (Å²) in [5.41, 5.74) is 0. The summed E-state index contributed by atoms with van der Waals surface area (Å²) < 4.78 is 4.93. The van der Waals surface area contributed by atoms with Crippen LogP contribution in [0.3, 0.4) is 0 Å². The van der Waals surface area contributed by atoms with Crippen LogP contribution in [-0.2, 0) is 14.3 Å². The van der Waals surface area contributed by atoms with E-state index in [9.17, 15) is 9.59 Å². The molecule has 0 aromatic rings. The van der Waals surface area contributed by atoms with Gasteiger partial charge in [0.05, 0.1) is 13.2 Å². The Hall–Kier alpha value is -1.14. The summed E-state index contributed by atoms with van der Waals surface area (Å²) in [7, 11) is 5.07. The molecule has 0 atom stereocenters. The van der Waals surface area contributed by atoms with E-state index in [2.05, 4.69) is 32.3 Å². The van der Waals surface area contributed by atoms with Gasteiger partial charge in [-0.3, -0.25) is 14.5 Å². The van der Waals surface area contributed by atoms with Gasteiger partial charge >= 0.3 is 0 Å². The number of nitrogens with one attached hydrogen (secondary N) is 2. The van der Waals surface area contributed by atoms with Crippen LogP contribution in [0.25, 0.3) is 0 Å². The second kappa shape index (κ2) is 14.9. The van der Waals surface area contributed by atoms with Gasteiger partial charge in [0.2, 0.25) is 11.8 Å². The van der Waals surface area contributed by atoms with Gasteiger partial charge in [-0.1, -0.05) is 6.92 Å². The molecule has 2 N–H and O–H groups in total. The second-order valence-electron chi connectivity index (χ2n) is 6.46. The van der Waals surface area contributed by atoms with Gasteiger partial charge in [-0.05, 0) is 6.42 Å². The van der Waals surface area contributed by atoms with E-state index in [-0.39, 0.29) is 42.3 Å². The Bertz CT molecular complexity index is 468. The molecule has 1 rings (SSSR count). The Labute approximate surface area is 179 Å². The molecule has 27 heavy (non-hydrogen) atoms. The fraction of sp³-hybridized carbons (Fsp3) is 0.824. The molecular formula is C17H35IN6O3. The number of aliphatic imine (C=N–C) groups is 1. The Kier molecular flexibility index (Phi) is 14.2. The highest BCUT2D eigenvalue weighted by atomic mass is 127. The highest BCUT2D eigenvalue weighted by molar-refractivity contribution is 14.0. The van der Waals surface area contributed by atoms with E-state index in [0.717, 1.165) is 45.1 Å². The molecule has 0 saturated carbocycles. The van der Waals surface area contributed by atoms with Gasteiger partial charge in [0, 0.05) is 60.5 Å². The summed E-state index contributed by atoms with van der Waals surface area (Å²) in [5.74, 6) is 0.767. The number of hydrogen-bond acceptors (Lipinski definition) is 5. The third-order valence-electron chi connectivity index (χ3n) is 4.06. The number of rotatable bonds is 9. The van der Waals surface area contributed by atoms with Gasteiger partial charge in [-0.25, -0.2) is 4.99 Å². The fourth-order valence-corrected chi connectivity index (χ4v) is 2.46. The van der Waals surface area contributed by atoms with E-state index in [0.29, 0.717) is 19.7 Å². The molecular weight excluding hydrogens is 463 g/mol. The van der Waals surface area contributed by atoms with Crippen LogP contribution in [0.1, 0.15) is 13.3 Å². The van der Waals surface area contributed by atoms with Crippen LogP contribution in [-0.4, -0.2) is 113 Å². The van der Waals surface area contributed by atoms with Gasteiger partial charge in [-0.2, -0.15) is 0 Å². The number of ether oxygens (including phenoxy) is 1. The molecule has 0 aliphatic carbocycles. The third-order valence-corrected chi connectivity index (χ3v) is 4.06. The summed E-state index contributed by atoms with van der Waals surface area (Å²) in [4.78, 5) is 34.0. The van der Waals surface area contributed by atoms with Crippen molar-refractivity contribution in [2.75, 3.05) is 80.2 Å². The predicted molar refractivity (Wildman–Crippen MR) is 118 cm³/mol. The first-order valence-corrected chi connectivity index (χ1v) is 9.19. The van der Waals surface area contributed by atoms with Crippen molar-refractivity contribution in [2.24, 2.45) is 4.99 Å². The molecule has 1 fully saturated rings. The fourth-order valence-electron chi connectivity index (χ4n) is 2.46. The molecule has 9 nitrogen and oxygen atoms in total. The number of methoxy groups -OCH3 is 1. The first-order chi connectivity index (χ1) is 12.5. The van der Waals surface area contributed by atoms with E-state index in [4.69, 9.17) is 4.74 Å². The maximum absolute atomic E-state index is 11.9. The van der Waals surface area contributed by atoms with Crippen LogP contribution < -0.4 is 10.6 Å². The lowest BCUT2D eigenvalue weighted by Crippen LogP contribution is -2.54. The van der Waals surface area contributed by atoms with Crippen molar-refractivity contribution in [3.63, 3.8) is 0 Å². The molecule has 0 bridgehead atoms. The minimum absolute atomic E-state index is 0. The summed E-state index contributed by atoms with van der Waals surface area (Å²) >= 11 is 0. The summed E-state index contributed by atoms with van der Waals surface area (Å²) in [5, 5.41) is 6.16. The number of halogens is 1. The average Bonchev–Trinajstić information content (AvgIpc) is 2.62. The number of amides is 2. The first kappa shape index (κ1) is 25.9. The van der Waals surface area contributed by atoms with Gasteiger partial charge < -0.3 is 25.2 Å². The number of carbonyl (C=O) groups excluding carboxylic acids is 2. The molecule has 0 unspecified atom stereocenters. The Morgan fingerprint density at radius 2 is 1.78 bits per heavy atom. The molecule has 158 valence electrons. The zero-order valence-electron chi connectivity index (χ0n) is 17.0. The lowest BCUT2D eigenvalue weighted by atomic mass is 10.3. The Morgan fingerprint density at radius 3 is 2.33 bits per heavy atom. The summed E-state index contributed by atoms with van der Waals surface area (Å²) in [6, 6.07) is 0. The molecule has 1 aliphatic rings. The van der Waals surface area contributed by atoms with E-state index < -0.39 is 0 Å². The van der Waals surface area contributed by atoms with Crippen LogP contribution in [0.4, 0.5) is 0 Å². The molecule has 0 spiro atoms. The van der Waals surface area contributed by atoms with Crippen molar-refractivity contribution in [1.29, 1.82) is 0 Å². The van der Waals surface area contributed by atoms with Gasteiger partial charge in [0.1, 0.15) is 6.54 Å². The zero-order chi connectivity index (χ0) is 19.4. The maximum atomic E-state index is 11.9. The second-order valence-corrected chi connectivity index (χ2v) is 6.46. The van der Waals surface area contributed by atoms with Crippen molar-refractivity contribution in [3.05, 3.63) is 0 Å². The number of carbonyl (C=O) groups is 2. The topological polar surface area (TPSA) is 89.5 Å². The van der Waals surface area contributed by atoms with Gasteiger partial charge in [0.25, 0.3) is 0 Å². The smallest absolute Gasteiger partial charge is 0.243 e. The van der Waals surface area contributed by atoms with Crippen molar-refractivity contribution >= 4 is 41.8 Å². The summed E-state index contributed by atoms with van der Waals surface area (Å²) in [6.45, 7) is 7.62. The predicted octanol–water partition coefficient (Wildman–Crippen LogP) is -0.572. The van der Waals surface area contributed by atoms with Gasteiger partial charge in [0.15, 0.2) is 5.96 Å². The van der Waals surface area contributed by atoms with E-state index in [1.807, 2.05) is 0 Å². The highest BCUT2D eigenvalue weighted by Crippen LogP contribution is 2.02. The monoisotopic (exact) mass is 498 g/mol.